The van der Waals surface area contributed by atoms with E-state index in [-0.39, 0.29) is 17.1 Å². The van der Waals surface area contributed by atoms with Gasteiger partial charge < -0.3 is 14.8 Å². The highest BCUT2D eigenvalue weighted by Crippen LogP contribution is 2.31. The van der Waals surface area contributed by atoms with Crippen molar-refractivity contribution < 1.29 is 24.0 Å². The van der Waals surface area contributed by atoms with Gasteiger partial charge in [0.2, 0.25) is 0 Å². The van der Waals surface area contributed by atoms with Crippen LogP contribution in [0.5, 0.6) is 5.75 Å². The highest BCUT2D eigenvalue weighted by atomic mass is 32.1. The van der Waals surface area contributed by atoms with Crippen molar-refractivity contribution >= 4 is 45.9 Å². The molecule has 0 aliphatic carbocycles. The van der Waals surface area contributed by atoms with Crippen LogP contribution in [0.2, 0.25) is 0 Å². The van der Waals surface area contributed by atoms with Gasteiger partial charge >= 0.3 is 5.97 Å². The van der Waals surface area contributed by atoms with E-state index in [1.807, 2.05) is 16.8 Å². The topological polar surface area (TPSA) is 121 Å². The SMILES string of the molecule is COc1ccc(NC(=O)C(C)OC(=O)c2sc(-c3ccsc3)nc2C)c([N+](=O)[O-])c1. The number of nitro groups is 1. The largest absolute Gasteiger partial charge is 0.496 e. The number of esters is 1. The molecule has 0 fully saturated rings. The van der Waals surface area contributed by atoms with Gasteiger partial charge in [-0.05, 0) is 37.4 Å². The predicted octanol–water partition coefficient (Wildman–Crippen LogP) is 4.28. The molecule has 1 N–H and O–H groups in total. The van der Waals surface area contributed by atoms with Gasteiger partial charge in [-0.3, -0.25) is 14.9 Å². The van der Waals surface area contributed by atoms with Gasteiger partial charge in [-0.25, -0.2) is 9.78 Å². The summed E-state index contributed by atoms with van der Waals surface area (Å²) in [5.41, 5.74) is 1.05. The van der Waals surface area contributed by atoms with Crippen molar-refractivity contribution in [2.24, 2.45) is 0 Å². The molecule has 0 aliphatic heterocycles. The molecule has 9 nitrogen and oxygen atoms in total. The lowest BCUT2D eigenvalue weighted by atomic mass is 10.2. The fourth-order valence-corrected chi connectivity index (χ4v) is 4.15. The number of carbonyl (C=O) groups is 2. The highest BCUT2D eigenvalue weighted by Gasteiger charge is 2.25. The molecule has 1 atom stereocenters. The van der Waals surface area contributed by atoms with Crippen LogP contribution in [0.15, 0.2) is 35.0 Å². The molecule has 1 unspecified atom stereocenters. The quantitative estimate of drug-likeness (QED) is 0.326. The molecule has 0 spiro atoms. The van der Waals surface area contributed by atoms with E-state index in [4.69, 9.17) is 9.47 Å². The maximum atomic E-state index is 12.5. The Balaban J connectivity index is 1.71. The molecule has 1 aromatic carbocycles. The molecule has 30 heavy (non-hydrogen) atoms. The van der Waals surface area contributed by atoms with E-state index < -0.39 is 22.9 Å². The summed E-state index contributed by atoms with van der Waals surface area (Å²) >= 11 is 2.70. The number of aromatic nitrogens is 1. The average molecular weight is 447 g/mol. The number of ether oxygens (including phenoxy) is 2. The van der Waals surface area contributed by atoms with E-state index in [0.29, 0.717) is 15.6 Å². The highest BCUT2D eigenvalue weighted by molar-refractivity contribution is 7.17. The monoisotopic (exact) mass is 447 g/mol. The molecule has 2 aromatic heterocycles. The van der Waals surface area contributed by atoms with Crippen LogP contribution >= 0.6 is 22.7 Å². The Kier molecular flexibility index (Phi) is 6.43. The van der Waals surface area contributed by atoms with Gasteiger partial charge in [-0.1, -0.05) is 0 Å². The van der Waals surface area contributed by atoms with Crippen molar-refractivity contribution in [2.45, 2.75) is 20.0 Å². The van der Waals surface area contributed by atoms with Gasteiger partial charge in [0.15, 0.2) is 6.10 Å². The van der Waals surface area contributed by atoms with Crippen LogP contribution < -0.4 is 10.1 Å². The molecule has 3 aromatic rings. The molecule has 0 radical (unpaired) electrons. The number of hydrogen-bond acceptors (Lipinski definition) is 9. The Morgan fingerprint density at radius 1 is 1.30 bits per heavy atom. The molecular weight excluding hydrogens is 430 g/mol. The molecule has 156 valence electrons. The first-order valence-electron chi connectivity index (χ1n) is 8.64. The molecule has 1 amide bonds. The van der Waals surface area contributed by atoms with E-state index >= 15 is 0 Å². The first-order chi connectivity index (χ1) is 14.3. The number of anilines is 1. The Bertz CT molecular complexity index is 1090. The molecular formula is C19H17N3O6S2. The molecule has 0 aliphatic rings. The zero-order valence-electron chi connectivity index (χ0n) is 16.2. The van der Waals surface area contributed by atoms with Gasteiger partial charge in [0, 0.05) is 10.9 Å². The minimum absolute atomic E-state index is 0.0255. The van der Waals surface area contributed by atoms with Crippen LogP contribution in [0, 0.1) is 17.0 Å². The van der Waals surface area contributed by atoms with Crippen LogP contribution in [0.1, 0.15) is 22.3 Å². The normalized spacial score (nSPS) is 11.6. The lowest BCUT2D eigenvalue weighted by molar-refractivity contribution is -0.384. The Labute approximate surface area is 179 Å². The van der Waals surface area contributed by atoms with Crippen molar-refractivity contribution in [3.63, 3.8) is 0 Å². The van der Waals surface area contributed by atoms with E-state index in [0.717, 1.165) is 5.56 Å². The third-order valence-corrected chi connectivity index (χ3v) is 5.93. The lowest BCUT2D eigenvalue weighted by Gasteiger charge is -2.13. The van der Waals surface area contributed by atoms with Crippen molar-refractivity contribution in [2.75, 3.05) is 12.4 Å². The number of thiophene rings is 1. The predicted molar refractivity (Wildman–Crippen MR) is 113 cm³/mol. The van der Waals surface area contributed by atoms with Crippen LogP contribution in [0.4, 0.5) is 11.4 Å². The molecule has 3 rings (SSSR count). The number of nitrogens with one attached hydrogen (secondary N) is 1. The van der Waals surface area contributed by atoms with Crippen molar-refractivity contribution in [3.05, 3.63) is 55.7 Å². The summed E-state index contributed by atoms with van der Waals surface area (Å²) in [6, 6.07) is 5.92. The Morgan fingerprint density at radius 2 is 2.07 bits per heavy atom. The number of carbonyl (C=O) groups excluding carboxylic acids is 2. The van der Waals surface area contributed by atoms with E-state index in [2.05, 4.69) is 10.3 Å². The number of benzene rings is 1. The maximum Gasteiger partial charge on any atom is 0.351 e. The number of nitro benzene ring substituents is 1. The smallest absolute Gasteiger partial charge is 0.351 e. The molecule has 2 heterocycles. The summed E-state index contributed by atoms with van der Waals surface area (Å²) in [5, 5.41) is 18.2. The van der Waals surface area contributed by atoms with E-state index in [1.165, 1.54) is 54.9 Å². The zero-order valence-corrected chi connectivity index (χ0v) is 17.8. The van der Waals surface area contributed by atoms with Crippen LogP contribution in [0.3, 0.4) is 0 Å². The first-order valence-corrected chi connectivity index (χ1v) is 10.4. The number of amides is 1. The Hall–Kier alpha value is -3.31. The summed E-state index contributed by atoms with van der Waals surface area (Å²) in [7, 11) is 1.38. The van der Waals surface area contributed by atoms with Gasteiger partial charge in [-0.2, -0.15) is 11.3 Å². The second-order valence-electron chi connectivity index (χ2n) is 6.12. The summed E-state index contributed by atoms with van der Waals surface area (Å²) < 4.78 is 10.2. The van der Waals surface area contributed by atoms with Crippen LogP contribution in [0.25, 0.3) is 10.6 Å². The van der Waals surface area contributed by atoms with Crippen LogP contribution in [-0.4, -0.2) is 35.0 Å². The standard InChI is InChI=1S/C19H17N3O6S2/c1-10-16(30-18(20-10)12-6-7-29-9-12)19(24)28-11(2)17(23)21-14-5-4-13(27-3)8-15(14)22(25)26/h4-9,11H,1-3H3,(H,21,23). The summed E-state index contributed by atoms with van der Waals surface area (Å²) in [4.78, 5) is 40.2. The fraction of sp³-hybridized carbons (Fsp3) is 0.211. The zero-order chi connectivity index (χ0) is 21.8. The van der Waals surface area contributed by atoms with E-state index in [1.54, 1.807) is 6.92 Å². The summed E-state index contributed by atoms with van der Waals surface area (Å²) in [5.74, 6) is -1.10. The van der Waals surface area contributed by atoms with Gasteiger partial charge in [-0.15, -0.1) is 11.3 Å². The van der Waals surface area contributed by atoms with Crippen molar-refractivity contribution in [1.29, 1.82) is 0 Å². The third kappa shape index (κ3) is 4.63. The second kappa shape index (κ2) is 9.01. The second-order valence-corrected chi connectivity index (χ2v) is 7.90. The minimum Gasteiger partial charge on any atom is -0.496 e. The van der Waals surface area contributed by atoms with Gasteiger partial charge in [0.05, 0.1) is 23.8 Å². The van der Waals surface area contributed by atoms with E-state index in [9.17, 15) is 19.7 Å². The number of methoxy groups -OCH3 is 1. The Morgan fingerprint density at radius 3 is 2.70 bits per heavy atom. The number of hydrogen-bond donors (Lipinski definition) is 1. The molecule has 11 heteroatoms. The number of thiazole rings is 1. The number of nitrogens with zero attached hydrogens (tertiary/aromatic N) is 2. The van der Waals surface area contributed by atoms with Gasteiger partial charge in [0.25, 0.3) is 11.6 Å². The molecule has 0 saturated carbocycles. The molecule has 0 bridgehead atoms. The van der Waals surface area contributed by atoms with Crippen LogP contribution in [-0.2, 0) is 9.53 Å². The minimum atomic E-state index is -1.18. The number of rotatable bonds is 7. The van der Waals surface area contributed by atoms with Gasteiger partial charge in [0.1, 0.15) is 21.3 Å². The lowest BCUT2D eigenvalue weighted by Crippen LogP contribution is -2.30. The maximum absolute atomic E-state index is 12.5. The first kappa shape index (κ1) is 21.4. The molecule has 0 saturated heterocycles. The summed E-state index contributed by atoms with van der Waals surface area (Å²) in [6.07, 6.45) is -1.18. The van der Waals surface area contributed by atoms with Crippen molar-refractivity contribution in [1.82, 2.24) is 4.98 Å². The number of aryl methyl sites for hydroxylation is 1. The fourth-order valence-electron chi connectivity index (χ4n) is 2.49. The van der Waals surface area contributed by atoms with Crippen molar-refractivity contribution in [3.8, 4) is 16.3 Å². The average Bonchev–Trinajstić information content (AvgIpc) is 3.37. The third-order valence-electron chi connectivity index (χ3n) is 4.06. The summed E-state index contributed by atoms with van der Waals surface area (Å²) in [6.45, 7) is 3.08.